The van der Waals surface area contributed by atoms with Crippen molar-refractivity contribution >= 4 is 23.7 Å². The lowest BCUT2D eigenvalue weighted by molar-refractivity contribution is -0.144. The molecule has 0 saturated heterocycles. The van der Waals surface area contributed by atoms with E-state index in [0.29, 0.717) is 25.8 Å². The number of unbranched alkanes of at least 4 members (excludes halogenated alkanes) is 1. The average Bonchev–Trinajstić information content (AvgIpc) is 2.87. The largest absolute Gasteiger partial charge is 0.480 e. The molecule has 3 atom stereocenters. The minimum Gasteiger partial charge on any atom is -0.480 e. The first-order valence-electron chi connectivity index (χ1n) is 11.3. The molecule has 0 bridgehead atoms. The number of rotatable bonds is 16. The molecular weight excluding hydrogens is 468 g/mol. The van der Waals surface area contributed by atoms with E-state index in [1.807, 2.05) is 0 Å². The van der Waals surface area contributed by atoms with Crippen LogP contribution in [0.2, 0.25) is 0 Å². The lowest BCUT2D eigenvalue weighted by Crippen LogP contribution is -2.55. The topological polar surface area (TPSA) is 203 Å². The minimum atomic E-state index is -1.30. The van der Waals surface area contributed by atoms with Crippen molar-refractivity contribution < 1.29 is 24.3 Å². The lowest BCUT2D eigenvalue weighted by Gasteiger charge is -2.29. The Labute approximate surface area is 209 Å². The molecule has 6 N–H and O–H groups in total. The van der Waals surface area contributed by atoms with Gasteiger partial charge in [-0.3, -0.25) is 19.8 Å². The van der Waals surface area contributed by atoms with Gasteiger partial charge in [0.1, 0.15) is 12.1 Å². The van der Waals surface area contributed by atoms with E-state index < -0.39 is 48.4 Å². The number of nitrogens with two attached hydrogens (primary N) is 1. The highest BCUT2D eigenvalue weighted by molar-refractivity contribution is 5.92. The van der Waals surface area contributed by atoms with Crippen LogP contribution in [0, 0.1) is 12.3 Å². The summed E-state index contributed by atoms with van der Waals surface area (Å²) < 4.78 is 0. The third-order valence-corrected chi connectivity index (χ3v) is 5.29. The Kier molecular flexibility index (Phi) is 13.5. The van der Waals surface area contributed by atoms with Crippen LogP contribution in [0.4, 0.5) is 0 Å². The van der Waals surface area contributed by atoms with Crippen LogP contribution in [0.15, 0.2) is 35.6 Å². The Balaban J connectivity index is 2.76. The zero-order valence-electron chi connectivity index (χ0n) is 20.1. The molecule has 0 aliphatic carbocycles. The number of hydrogen-bond acceptors (Lipinski definition) is 6. The summed E-state index contributed by atoms with van der Waals surface area (Å²) in [6.07, 6.45) is 6.69. The average molecular weight is 501 g/mol. The van der Waals surface area contributed by atoms with Crippen LogP contribution >= 0.6 is 0 Å². The maximum Gasteiger partial charge on any atom is 0.327 e. The summed E-state index contributed by atoms with van der Waals surface area (Å²) in [6.45, 7) is 0.0450. The number of aliphatic carboxylic acids is 1. The molecule has 13 heteroatoms. The molecular formula is C23H32N8O5. The fourth-order valence-corrected chi connectivity index (χ4v) is 3.20. The number of carboxylic acid groups (broad SMARTS) is 1. The molecule has 0 spiro atoms. The van der Waals surface area contributed by atoms with Gasteiger partial charge in [-0.2, -0.15) is 4.91 Å². The number of carbonyl (C=O) groups is 4. The molecule has 1 rings (SSSR count). The van der Waals surface area contributed by atoms with Gasteiger partial charge in [0.2, 0.25) is 17.7 Å². The molecule has 36 heavy (non-hydrogen) atoms. The van der Waals surface area contributed by atoms with Gasteiger partial charge in [-0.1, -0.05) is 30.3 Å². The van der Waals surface area contributed by atoms with Gasteiger partial charge >= 0.3 is 5.97 Å². The Morgan fingerprint density at radius 2 is 1.92 bits per heavy atom. The van der Waals surface area contributed by atoms with Crippen molar-refractivity contribution in [2.24, 2.45) is 11.0 Å². The summed E-state index contributed by atoms with van der Waals surface area (Å²) in [5, 5.41) is 17.4. The first-order chi connectivity index (χ1) is 17.2. The fraction of sp³-hybridized carbons (Fsp3) is 0.478. The van der Waals surface area contributed by atoms with E-state index in [2.05, 4.69) is 32.1 Å². The SMILES string of the molecule is C#CC[C@H](NC(=O)[C@H](Cc1ccccc1)N(C)C(=O)CNC(=O)[C@@H](N)CCCCNN=[N+]=[N-])C(=O)O. The van der Waals surface area contributed by atoms with E-state index in [0.717, 1.165) is 10.5 Å². The number of likely N-dealkylation sites (N-methyl/N-ethyl adjacent to an activating group) is 1. The number of carboxylic acids is 1. The highest BCUT2D eigenvalue weighted by Gasteiger charge is 2.30. The molecule has 1 aromatic rings. The van der Waals surface area contributed by atoms with E-state index in [4.69, 9.17) is 17.7 Å². The van der Waals surface area contributed by atoms with Gasteiger partial charge in [0.15, 0.2) is 0 Å². The van der Waals surface area contributed by atoms with Crippen molar-refractivity contribution in [1.82, 2.24) is 21.0 Å². The molecule has 3 amide bonds. The second-order valence-electron chi connectivity index (χ2n) is 7.94. The molecule has 13 nitrogen and oxygen atoms in total. The number of hydrogen-bond donors (Lipinski definition) is 5. The summed E-state index contributed by atoms with van der Waals surface area (Å²) in [7, 11) is 1.40. The zero-order valence-corrected chi connectivity index (χ0v) is 20.1. The third-order valence-electron chi connectivity index (χ3n) is 5.29. The van der Waals surface area contributed by atoms with E-state index in [1.165, 1.54) is 7.05 Å². The van der Waals surface area contributed by atoms with Crippen LogP contribution < -0.4 is 21.8 Å². The molecule has 0 aliphatic heterocycles. The molecule has 0 aliphatic rings. The van der Waals surface area contributed by atoms with Gasteiger partial charge in [-0.15, -0.1) is 17.9 Å². The van der Waals surface area contributed by atoms with Gasteiger partial charge in [-0.25, -0.2) is 4.79 Å². The number of carbonyl (C=O) groups excluding carboxylic acids is 3. The molecule has 0 unspecified atom stereocenters. The Bertz CT molecular complexity index is 974. The van der Waals surface area contributed by atoms with Crippen molar-refractivity contribution in [1.29, 1.82) is 0 Å². The van der Waals surface area contributed by atoms with Gasteiger partial charge in [-0.05, 0) is 30.0 Å². The summed E-state index contributed by atoms with van der Waals surface area (Å²) in [5.41, 5.74) is 17.3. The smallest absolute Gasteiger partial charge is 0.327 e. The van der Waals surface area contributed by atoms with Gasteiger partial charge in [0.05, 0.1) is 19.1 Å². The lowest BCUT2D eigenvalue weighted by atomic mass is 10.0. The normalized spacial score (nSPS) is 12.6. The molecule has 1 aromatic carbocycles. The number of nitrogens with zero attached hydrogens (tertiary/aromatic N) is 4. The van der Waals surface area contributed by atoms with Crippen LogP contribution in [0.5, 0.6) is 0 Å². The summed E-state index contributed by atoms with van der Waals surface area (Å²) in [6, 6.07) is 5.72. The van der Waals surface area contributed by atoms with Gasteiger partial charge in [0, 0.05) is 19.9 Å². The second kappa shape index (κ2) is 16.4. The highest BCUT2D eigenvalue weighted by atomic mass is 16.4. The number of azide groups is 1. The van der Waals surface area contributed by atoms with Crippen molar-refractivity contribution in [2.75, 3.05) is 20.1 Å². The molecule has 0 aromatic heterocycles. The second-order valence-corrected chi connectivity index (χ2v) is 7.94. The monoisotopic (exact) mass is 500 g/mol. The Morgan fingerprint density at radius 1 is 1.22 bits per heavy atom. The number of terminal acetylenes is 1. The molecule has 0 saturated carbocycles. The first-order valence-corrected chi connectivity index (χ1v) is 11.3. The van der Waals surface area contributed by atoms with Crippen LogP contribution in [0.3, 0.4) is 0 Å². The molecule has 0 fully saturated rings. The highest BCUT2D eigenvalue weighted by Crippen LogP contribution is 2.10. The van der Waals surface area contributed by atoms with Crippen molar-refractivity contribution in [2.45, 2.75) is 50.2 Å². The van der Waals surface area contributed by atoms with Crippen molar-refractivity contribution in [3.05, 3.63) is 46.3 Å². The van der Waals surface area contributed by atoms with Crippen LogP contribution in [0.1, 0.15) is 31.2 Å². The zero-order chi connectivity index (χ0) is 26.9. The molecule has 194 valence electrons. The van der Waals surface area contributed by atoms with Crippen LogP contribution in [-0.4, -0.2) is 72.0 Å². The predicted octanol–water partition coefficient (Wildman–Crippen LogP) is 0.0775. The Hall–Kier alpha value is -4.27. The summed E-state index contributed by atoms with van der Waals surface area (Å²) >= 11 is 0. The van der Waals surface area contributed by atoms with E-state index >= 15 is 0 Å². The quantitative estimate of drug-likeness (QED) is 0.0527. The number of nitrogens with one attached hydrogen (secondary N) is 3. The summed E-state index contributed by atoms with van der Waals surface area (Å²) in [4.78, 5) is 53.2. The molecule has 0 radical (unpaired) electrons. The minimum absolute atomic E-state index is 0.120. The standard InChI is InChI=1S/C23H32N8O5/c1-3-9-18(23(35)36)28-22(34)19(14-16-10-5-4-6-11-16)31(2)20(32)15-26-21(33)17(24)12-7-8-13-27-30-29-25/h1,4-6,10-11,17-19,27H,7-9,12-15,24H2,2H3,(H,26,33)(H,28,34)(H,35,36)/t17-,18-,19-/m0/s1. The van der Waals surface area contributed by atoms with Crippen molar-refractivity contribution in [3.63, 3.8) is 0 Å². The first kappa shape index (κ1) is 29.8. The maximum atomic E-state index is 13.0. The number of amides is 3. The van der Waals surface area contributed by atoms with Crippen LogP contribution in [0.25, 0.3) is 10.4 Å². The van der Waals surface area contributed by atoms with E-state index in [-0.39, 0.29) is 12.8 Å². The maximum absolute atomic E-state index is 13.0. The van der Waals surface area contributed by atoms with Crippen LogP contribution in [-0.2, 0) is 25.6 Å². The van der Waals surface area contributed by atoms with E-state index in [9.17, 15) is 24.3 Å². The van der Waals surface area contributed by atoms with Gasteiger partial charge < -0.3 is 26.4 Å². The summed E-state index contributed by atoms with van der Waals surface area (Å²) in [5.74, 6) is -0.851. The fourth-order valence-electron chi connectivity index (χ4n) is 3.20. The predicted molar refractivity (Wildman–Crippen MR) is 132 cm³/mol. The van der Waals surface area contributed by atoms with E-state index in [1.54, 1.807) is 30.3 Å². The molecule has 0 heterocycles. The van der Waals surface area contributed by atoms with Crippen molar-refractivity contribution in [3.8, 4) is 12.3 Å². The third kappa shape index (κ3) is 10.8. The van der Waals surface area contributed by atoms with Gasteiger partial charge in [0.25, 0.3) is 0 Å². The Morgan fingerprint density at radius 3 is 2.53 bits per heavy atom. The number of benzene rings is 1.